The van der Waals surface area contributed by atoms with Gasteiger partial charge in [0.15, 0.2) is 0 Å². The molecule has 52 heavy (non-hydrogen) atoms. The molecule has 0 unspecified atom stereocenters. The summed E-state index contributed by atoms with van der Waals surface area (Å²) in [5.41, 5.74) is 13.2. The van der Waals surface area contributed by atoms with Crippen molar-refractivity contribution in [3.8, 4) is 44.5 Å². The van der Waals surface area contributed by atoms with Crippen LogP contribution in [0.3, 0.4) is 0 Å². The predicted molar refractivity (Wildman–Crippen MR) is 226 cm³/mol. The van der Waals surface area contributed by atoms with Crippen molar-refractivity contribution in [2.24, 2.45) is 0 Å². The van der Waals surface area contributed by atoms with E-state index in [0.29, 0.717) is 0 Å². The number of fused-ring (bicyclic) bond motifs is 9. The third-order valence-corrected chi connectivity index (χ3v) is 12.7. The van der Waals surface area contributed by atoms with Crippen molar-refractivity contribution in [2.75, 3.05) is 0 Å². The van der Waals surface area contributed by atoms with Crippen molar-refractivity contribution in [1.29, 1.82) is 0 Å². The van der Waals surface area contributed by atoms with Gasteiger partial charge in [0.2, 0.25) is 0 Å². The Morgan fingerprint density at radius 2 is 0.923 bits per heavy atom. The lowest BCUT2D eigenvalue weighted by Gasteiger charge is -2.21. The second-order valence-corrected chi connectivity index (χ2v) is 15.9. The van der Waals surface area contributed by atoms with E-state index in [1.54, 1.807) is 0 Å². The van der Waals surface area contributed by atoms with E-state index in [0.717, 1.165) is 0 Å². The smallest absolute Gasteiger partial charge is 0.0361 e. The van der Waals surface area contributed by atoms with Gasteiger partial charge >= 0.3 is 0 Å². The van der Waals surface area contributed by atoms with E-state index in [2.05, 4.69) is 184 Å². The Bertz CT molecular complexity index is 3040. The molecule has 0 saturated carbocycles. The molecule has 244 valence electrons. The van der Waals surface area contributed by atoms with Gasteiger partial charge in [0.25, 0.3) is 0 Å². The summed E-state index contributed by atoms with van der Waals surface area (Å²) >= 11 is 1.92. The number of thiophene rings is 1. The van der Waals surface area contributed by atoms with Crippen LogP contribution in [0, 0.1) is 0 Å². The first-order valence-electron chi connectivity index (χ1n) is 18.2. The van der Waals surface area contributed by atoms with E-state index in [4.69, 9.17) is 0 Å². The molecule has 0 fully saturated rings. The largest absolute Gasteiger partial charge is 0.135 e. The second kappa shape index (κ2) is 11.0. The van der Waals surface area contributed by atoms with Crippen LogP contribution in [-0.4, -0.2) is 0 Å². The minimum atomic E-state index is -0.0110. The first-order chi connectivity index (χ1) is 25.5. The van der Waals surface area contributed by atoms with Crippen LogP contribution < -0.4 is 0 Å². The van der Waals surface area contributed by atoms with E-state index in [9.17, 15) is 0 Å². The van der Waals surface area contributed by atoms with Crippen LogP contribution in [0.25, 0.3) is 97.0 Å². The van der Waals surface area contributed by atoms with Crippen molar-refractivity contribution in [1.82, 2.24) is 0 Å². The summed E-state index contributed by atoms with van der Waals surface area (Å²) in [5, 5.41) is 10.4. The molecule has 1 heteroatoms. The third kappa shape index (κ3) is 4.27. The Labute approximate surface area is 307 Å². The van der Waals surface area contributed by atoms with Gasteiger partial charge in [-0.05, 0) is 118 Å². The highest BCUT2D eigenvalue weighted by atomic mass is 32.1. The van der Waals surface area contributed by atoms with Crippen LogP contribution in [0.1, 0.15) is 25.0 Å². The van der Waals surface area contributed by atoms with Gasteiger partial charge in [-0.1, -0.05) is 153 Å². The highest BCUT2D eigenvalue weighted by Crippen LogP contribution is 2.52. The fourth-order valence-electron chi connectivity index (χ4n) is 9.10. The van der Waals surface area contributed by atoms with E-state index in [1.165, 1.54) is 108 Å². The number of rotatable bonds is 3. The van der Waals surface area contributed by atoms with Gasteiger partial charge < -0.3 is 0 Å². The maximum atomic E-state index is 2.48. The fourth-order valence-corrected chi connectivity index (χ4v) is 10.3. The lowest BCUT2D eigenvalue weighted by molar-refractivity contribution is 0.661. The molecule has 0 spiro atoms. The molecule has 0 bridgehead atoms. The van der Waals surface area contributed by atoms with Crippen LogP contribution in [-0.2, 0) is 5.41 Å². The van der Waals surface area contributed by atoms with Gasteiger partial charge in [-0.25, -0.2) is 0 Å². The topological polar surface area (TPSA) is 0 Å². The average molecular weight is 679 g/mol. The van der Waals surface area contributed by atoms with Gasteiger partial charge in [0.1, 0.15) is 0 Å². The van der Waals surface area contributed by atoms with E-state index >= 15 is 0 Å². The number of hydrogen-bond donors (Lipinski definition) is 0. The molecule has 11 rings (SSSR count). The van der Waals surface area contributed by atoms with Crippen molar-refractivity contribution in [3.05, 3.63) is 181 Å². The molecule has 0 nitrogen and oxygen atoms in total. The SMILES string of the molecule is CC1(C)c2ccccc2-c2cc3sc4cc(-c5c6ccccc6c(-c6cccc(-c7ccc8ccccc8c7)c6)c6ccccc56)ccc4c3cc21. The van der Waals surface area contributed by atoms with Gasteiger partial charge in [-0.15, -0.1) is 11.3 Å². The molecule has 0 radical (unpaired) electrons. The van der Waals surface area contributed by atoms with Crippen LogP contribution >= 0.6 is 11.3 Å². The lowest BCUT2D eigenvalue weighted by atomic mass is 9.82. The summed E-state index contributed by atoms with van der Waals surface area (Å²) < 4.78 is 2.69. The highest BCUT2D eigenvalue weighted by Gasteiger charge is 2.35. The minimum absolute atomic E-state index is 0.0110. The minimum Gasteiger partial charge on any atom is -0.135 e. The Morgan fingerprint density at radius 1 is 0.346 bits per heavy atom. The summed E-state index contributed by atoms with van der Waals surface area (Å²) in [6.45, 7) is 4.74. The zero-order chi connectivity index (χ0) is 34.6. The van der Waals surface area contributed by atoms with Crippen LogP contribution in [0.5, 0.6) is 0 Å². The molecule has 9 aromatic carbocycles. The van der Waals surface area contributed by atoms with Crippen molar-refractivity contribution >= 4 is 63.8 Å². The standard InChI is InChI=1S/C51H34S/c1-51(2)45-21-10-9-16-37(45)43-30-48-44(29-46(43)51)38-25-24-36(28-47(38)52-48)50-41-19-7-5-17-39(41)49(40-18-6-8-20-42(40)50)35-15-11-14-33(27-35)34-23-22-31-12-3-4-13-32(31)26-34/h3-30H,1-2H3. The molecule has 1 aliphatic carbocycles. The van der Waals surface area contributed by atoms with Crippen LogP contribution in [0.4, 0.5) is 0 Å². The number of benzene rings is 9. The highest BCUT2D eigenvalue weighted by molar-refractivity contribution is 7.25. The third-order valence-electron chi connectivity index (χ3n) is 11.6. The predicted octanol–water partition coefficient (Wildman–Crippen LogP) is 14.8. The second-order valence-electron chi connectivity index (χ2n) is 14.9. The van der Waals surface area contributed by atoms with Gasteiger partial charge in [0.05, 0.1) is 0 Å². The molecule has 0 atom stereocenters. The zero-order valence-electron chi connectivity index (χ0n) is 29.1. The average Bonchev–Trinajstić information content (AvgIpc) is 3.66. The van der Waals surface area contributed by atoms with E-state index in [1.807, 2.05) is 11.3 Å². The molecule has 1 aromatic heterocycles. The van der Waals surface area contributed by atoms with Gasteiger partial charge in [-0.3, -0.25) is 0 Å². The van der Waals surface area contributed by atoms with Gasteiger partial charge in [-0.2, -0.15) is 0 Å². The van der Waals surface area contributed by atoms with Crippen LogP contribution in [0.2, 0.25) is 0 Å². The van der Waals surface area contributed by atoms with Crippen molar-refractivity contribution in [3.63, 3.8) is 0 Å². The molecule has 10 aromatic rings. The summed E-state index contributed by atoms with van der Waals surface area (Å²) in [5.74, 6) is 0. The quantitative estimate of drug-likeness (QED) is 0.163. The molecular formula is C51H34S. The molecule has 0 saturated heterocycles. The molecule has 1 heterocycles. The monoisotopic (exact) mass is 678 g/mol. The number of hydrogen-bond acceptors (Lipinski definition) is 1. The maximum absolute atomic E-state index is 2.48. The molecule has 0 amide bonds. The Morgan fingerprint density at radius 3 is 1.67 bits per heavy atom. The first kappa shape index (κ1) is 29.7. The summed E-state index contributed by atoms with van der Waals surface area (Å²) in [6.07, 6.45) is 0. The Hall–Kier alpha value is -6.02. The van der Waals surface area contributed by atoms with Crippen molar-refractivity contribution < 1.29 is 0 Å². The van der Waals surface area contributed by atoms with E-state index < -0.39 is 0 Å². The molecule has 0 N–H and O–H groups in total. The summed E-state index contributed by atoms with van der Waals surface area (Å²) in [4.78, 5) is 0. The Kier molecular flexibility index (Phi) is 6.27. The first-order valence-corrected chi connectivity index (χ1v) is 19.0. The van der Waals surface area contributed by atoms with E-state index in [-0.39, 0.29) is 5.41 Å². The normalized spacial score (nSPS) is 13.3. The van der Waals surface area contributed by atoms with Gasteiger partial charge in [0, 0.05) is 25.6 Å². The van der Waals surface area contributed by atoms with Crippen LogP contribution in [0.15, 0.2) is 170 Å². The fraction of sp³-hybridized carbons (Fsp3) is 0.0588. The lowest BCUT2D eigenvalue weighted by Crippen LogP contribution is -2.14. The zero-order valence-corrected chi connectivity index (χ0v) is 29.9. The molecular weight excluding hydrogens is 645 g/mol. The van der Waals surface area contributed by atoms with Crippen molar-refractivity contribution in [2.45, 2.75) is 19.3 Å². The molecule has 0 aliphatic heterocycles. The Balaban J connectivity index is 1.10. The summed E-state index contributed by atoms with van der Waals surface area (Å²) in [7, 11) is 0. The maximum Gasteiger partial charge on any atom is 0.0361 e. The summed E-state index contributed by atoms with van der Waals surface area (Å²) in [6, 6.07) is 63.5. The molecule has 1 aliphatic rings.